The number of amides is 1. The molecule has 0 saturated heterocycles. The van der Waals surface area contributed by atoms with Gasteiger partial charge in [-0.15, -0.1) is 10.2 Å². The van der Waals surface area contributed by atoms with E-state index >= 15 is 0 Å². The Morgan fingerprint density at radius 1 is 0.938 bits per heavy atom. The van der Waals surface area contributed by atoms with Gasteiger partial charge in [0.15, 0.2) is 15.8 Å². The van der Waals surface area contributed by atoms with E-state index < -0.39 is 0 Å². The number of carbonyl (C=O) groups is 2. The van der Waals surface area contributed by atoms with Gasteiger partial charge in [-0.25, -0.2) is 4.79 Å². The molecule has 0 atom stereocenters. The van der Waals surface area contributed by atoms with E-state index in [9.17, 15) is 9.59 Å². The second kappa shape index (κ2) is 10.8. The monoisotopic (exact) mass is 475 g/mol. The van der Waals surface area contributed by atoms with E-state index in [1.807, 2.05) is 12.1 Å². The van der Waals surface area contributed by atoms with Crippen LogP contribution < -0.4 is 19.5 Å². The highest BCUT2D eigenvalue weighted by molar-refractivity contribution is 8.00. The first-order valence-corrected chi connectivity index (χ1v) is 11.0. The molecule has 0 saturated carbocycles. The number of methoxy groups -OCH3 is 4. The Kier molecular flexibility index (Phi) is 7.90. The van der Waals surface area contributed by atoms with Crippen LogP contribution in [0.3, 0.4) is 0 Å². The number of esters is 1. The third-order valence-electron chi connectivity index (χ3n) is 4.29. The summed E-state index contributed by atoms with van der Waals surface area (Å²) < 4.78 is 21.2. The average molecular weight is 476 g/mol. The van der Waals surface area contributed by atoms with Crippen LogP contribution >= 0.6 is 23.1 Å². The first-order valence-electron chi connectivity index (χ1n) is 9.24. The minimum absolute atomic E-state index is 0.328. The normalized spacial score (nSPS) is 10.4. The first kappa shape index (κ1) is 23.4. The maximum absolute atomic E-state index is 12.7. The largest absolute Gasteiger partial charge is 0.493 e. The second-order valence-corrected chi connectivity index (χ2v) is 8.42. The molecule has 0 bridgehead atoms. The van der Waals surface area contributed by atoms with Crippen LogP contribution in [0.1, 0.15) is 26.3 Å². The highest BCUT2D eigenvalue weighted by Gasteiger charge is 2.18. The van der Waals surface area contributed by atoms with E-state index in [0.29, 0.717) is 43.6 Å². The standard InChI is InChI=1S/C21H21N3O6S2/c1-27-15-9-14(10-16(28-2)17(15)29-3)18(25)22-20-23-24-21(32-20)31-11-12-5-7-13(8-6-12)19(26)30-4/h5-10H,11H2,1-4H3,(H,22,23,25). The number of hydrogen-bond acceptors (Lipinski definition) is 10. The Balaban J connectivity index is 1.63. The summed E-state index contributed by atoms with van der Waals surface area (Å²) >= 11 is 2.74. The van der Waals surface area contributed by atoms with Crippen LogP contribution in [0.4, 0.5) is 5.13 Å². The number of carbonyl (C=O) groups excluding carboxylic acids is 2. The molecule has 9 nitrogen and oxygen atoms in total. The zero-order valence-electron chi connectivity index (χ0n) is 17.8. The predicted octanol–water partition coefficient (Wildman–Crippen LogP) is 3.90. The average Bonchev–Trinajstić information content (AvgIpc) is 3.28. The van der Waals surface area contributed by atoms with Crippen LogP contribution in [0.2, 0.25) is 0 Å². The molecule has 168 valence electrons. The predicted molar refractivity (Wildman–Crippen MR) is 121 cm³/mol. The van der Waals surface area contributed by atoms with Crippen LogP contribution in [0.25, 0.3) is 0 Å². The number of nitrogens with zero attached hydrogens (tertiary/aromatic N) is 2. The summed E-state index contributed by atoms with van der Waals surface area (Å²) in [5, 5.41) is 11.2. The lowest BCUT2D eigenvalue weighted by atomic mass is 10.1. The third-order valence-corrected chi connectivity index (χ3v) is 6.33. The minimum atomic E-state index is -0.379. The van der Waals surface area contributed by atoms with Gasteiger partial charge in [0.2, 0.25) is 10.9 Å². The van der Waals surface area contributed by atoms with Crippen LogP contribution in [0, 0.1) is 0 Å². The van der Waals surface area contributed by atoms with Crippen molar-refractivity contribution in [3.63, 3.8) is 0 Å². The lowest BCUT2D eigenvalue weighted by molar-refractivity contribution is 0.0600. The van der Waals surface area contributed by atoms with Crippen LogP contribution in [-0.4, -0.2) is 50.5 Å². The van der Waals surface area contributed by atoms with Gasteiger partial charge in [0.1, 0.15) is 0 Å². The fourth-order valence-corrected chi connectivity index (χ4v) is 4.40. The van der Waals surface area contributed by atoms with Crippen molar-refractivity contribution in [2.75, 3.05) is 33.8 Å². The van der Waals surface area contributed by atoms with Crippen LogP contribution in [0.15, 0.2) is 40.7 Å². The Bertz CT molecular complexity index is 1080. The van der Waals surface area contributed by atoms with Gasteiger partial charge in [-0.2, -0.15) is 0 Å². The minimum Gasteiger partial charge on any atom is -0.493 e. The van der Waals surface area contributed by atoms with Gasteiger partial charge in [-0.1, -0.05) is 35.2 Å². The molecule has 0 aliphatic rings. The number of anilines is 1. The molecule has 0 fully saturated rings. The molecule has 1 N–H and O–H groups in total. The van der Waals surface area contributed by atoms with Crippen LogP contribution in [0.5, 0.6) is 17.2 Å². The van der Waals surface area contributed by atoms with Gasteiger partial charge in [-0.3, -0.25) is 10.1 Å². The Morgan fingerprint density at radius 2 is 1.59 bits per heavy atom. The number of aromatic nitrogens is 2. The topological polar surface area (TPSA) is 109 Å². The Hall–Kier alpha value is -3.31. The molecule has 1 amide bonds. The molecule has 0 aliphatic heterocycles. The van der Waals surface area contributed by atoms with E-state index in [-0.39, 0.29) is 11.9 Å². The third kappa shape index (κ3) is 5.48. The van der Waals surface area contributed by atoms with E-state index in [0.717, 1.165) is 5.56 Å². The van der Waals surface area contributed by atoms with E-state index in [2.05, 4.69) is 15.5 Å². The maximum atomic E-state index is 12.7. The van der Waals surface area contributed by atoms with Crippen molar-refractivity contribution in [1.29, 1.82) is 0 Å². The molecular weight excluding hydrogens is 454 g/mol. The zero-order valence-corrected chi connectivity index (χ0v) is 19.5. The summed E-state index contributed by atoms with van der Waals surface area (Å²) in [7, 11) is 5.81. The smallest absolute Gasteiger partial charge is 0.337 e. The fourth-order valence-electron chi connectivity index (χ4n) is 2.70. The molecule has 0 unspecified atom stereocenters. The summed E-state index contributed by atoms with van der Waals surface area (Å²) in [4.78, 5) is 24.2. The molecule has 3 rings (SSSR count). The first-order chi connectivity index (χ1) is 15.5. The van der Waals surface area contributed by atoms with Crippen molar-refractivity contribution in [3.05, 3.63) is 53.1 Å². The molecule has 0 aliphatic carbocycles. The lowest BCUT2D eigenvalue weighted by Gasteiger charge is -2.13. The maximum Gasteiger partial charge on any atom is 0.337 e. The summed E-state index contributed by atoms with van der Waals surface area (Å²) in [6.07, 6.45) is 0. The Morgan fingerprint density at radius 3 is 2.16 bits per heavy atom. The fraction of sp³-hybridized carbons (Fsp3) is 0.238. The van der Waals surface area contributed by atoms with Crippen molar-refractivity contribution in [2.45, 2.75) is 10.1 Å². The number of nitrogens with one attached hydrogen (secondary N) is 1. The second-order valence-electron chi connectivity index (χ2n) is 6.22. The van der Waals surface area contributed by atoms with E-state index in [1.165, 1.54) is 51.5 Å². The quantitative estimate of drug-likeness (QED) is 0.280. The Labute approximate surface area is 193 Å². The number of hydrogen-bond donors (Lipinski definition) is 1. The van der Waals surface area contributed by atoms with Gasteiger partial charge in [0, 0.05) is 11.3 Å². The van der Waals surface area contributed by atoms with Gasteiger partial charge in [0.05, 0.1) is 34.0 Å². The SMILES string of the molecule is COC(=O)c1ccc(CSc2nnc(NC(=O)c3cc(OC)c(OC)c(OC)c3)s2)cc1. The molecule has 0 radical (unpaired) electrons. The van der Waals surface area contributed by atoms with Crippen LogP contribution in [-0.2, 0) is 10.5 Å². The van der Waals surface area contributed by atoms with Gasteiger partial charge in [-0.05, 0) is 29.8 Å². The van der Waals surface area contributed by atoms with E-state index in [1.54, 1.807) is 24.3 Å². The summed E-state index contributed by atoms with van der Waals surface area (Å²) in [5.74, 6) is 1.04. The van der Waals surface area contributed by atoms with Gasteiger partial charge < -0.3 is 18.9 Å². The highest BCUT2D eigenvalue weighted by atomic mass is 32.2. The zero-order chi connectivity index (χ0) is 23.1. The van der Waals surface area contributed by atoms with Crippen molar-refractivity contribution < 1.29 is 28.5 Å². The molecule has 1 heterocycles. The van der Waals surface area contributed by atoms with Crippen molar-refractivity contribution in [1.82, 2.24) is 10.2 Å². The number of ether oxygens (including phenoxy) is 4. The van der Waals surface area contributed by atoms with Crippen molar-refractivity contribution in [3.8, 4) is 17.2 Å². The summed E-state index contributed by atoms with van der Waals surface area (Å²) in [5.41, 5.74) is 1.84. The van der Waals surface area contributed by atoms with Gasteiger partial charge >= 0.3 is 5.97 Å². The molecule has 11 heteroatoms. The highest BCUT2D eigenvalue weighted by Crippen LogP contribution is 2.38. The summed E-state index contributed by atoms with van der Waals surface area (Å²) in [6.45, 7) is 0. The summed E-state index contributed by atoms with van der Waals surface area (Å²) in [6, 6.07) is 10.3. The van der Waals surface area contributed by atoms with Crippen molar-refractivity contribution in [2.24, 2.45) is 0 Å². The van der Waals surface area contributed by atoms with E-state index in [4.69, 9.17) is 18.9 Å². The molecular formula is C21H21N3O6S2. The molecule has 1 aromatic heterocycles. The lowest BCUT2D eigenvalue weighted by Crippen LogP contribution is -2.12. The molecule has 2 aromatic carbocycles. The number of rotatable bonds is 9. The molecule has 0 spiro atoms. The van der Waals surface area contributed by atoms with Crippen molar-refractivity contribution >= 4 is 40.1 Å². The number of thioether (sulfide) groups is 1. The molecule has 3 aromatic rings. The molecule has 32 heavy (non-hydrogen) atoms. The number of benzene rings is 2. The van der Waals surface area contributed by atoms with Gasteiger partial charge in [0.25, 0.3) is 5.91 Å².